The zero-order valence-corrected chi connectivity index (χ0v) is 16.5. The summed E-state index contributed by atoms with van der Waals surface area (Å²) in [5.74, 6) is 1.04. The van der Waals surface area contributed by atoms with Crippen LogP contribution in [0.15, 0.2) is 35.4 Å². The molecule has 1 aromatic rings. The van der Waals surface area contributed by atoms with Crippen LogP contribution in [0.1, 0.15) is 49.5 Å². The molecule has 0 aromatic heterocycles. The van der Waals surface area contributed by atoms with Crippen molar-refractivity contribution < 1.29 is 23.7 Å². The molecule has 0 saturated heterocycles. The molecule has 1 aromatic carbocycles. The Labute approximate surface area is 156 Å². The first-order chi connectivity index (χ1) is 12.5. The molecule has 5 nitrogen and oxygen atoms in total. The molecule has 5 heteroatoms. The molecule has 0 fully saturated rings. The van der Waals surface area contributed by atoms with Crippen molar-refractivity contribution in [1.82, 2.24) is 0 Å². The highest BCUT2D eigenvalue weighted by atomic mass is 16.7. The van der Waals surface area contributed by atoms with Crippen LogP contribution < -0.4 is 9.47 Å². The zero-order valence-electron chi connectivity index (χ0n) is 16.5. The number of carbonyl (C=O) groups is 1. The Balaban J connectivity index is 3.04. The van der Waals surface area contributed by atoms with E-state index in [4.69, 9.17) is 18.9 Å². The van der Waals surface area contributed by atoms with Gasteiger partial charge in [-0.15, -0.1) is 0 Å². The fraction of sp³-hybridized carbons (Fsp3) is 0.476. The maximum absolute atomic E-state index is 11.3. The van der Waals surface area contributed by atoms with Crippen LogP contribution in [0.5, 0.6) is 11.5 Å². The topological polar surface area (TPSA) is 54.0 Å². The molecule has 0 N–H and O–H groups in total. The quantitative estimate of drug-likeness (QED) is 0.306. The van der Waals surface area contributed by atoms with Gasteiger partial charge in [0, 0.05) is 25.3 Å². The van der Waals surface area contributed by atoms with E-state index in [2.05, 4.69) is 32.9 Å². The fourth-order valence-corrected chi connectivity index (χ4v) is 2.39. The molecule has 0 aliphatic heterocycles. The number of hydrogen-bond acceptors (Lipinski definition) is 5. The zero-order chi connectivity index (χ0) is 19.4. The lowest BCUT2D eigenvalue weighted by molar-refractivity contribution is 0.0317. The van der Waals surface area contributed by atoms with Crippen molar-refractivity contribution in [3.8, 4) is 11.5 Å². The van der Waals surface area contributed by atoms with Crippen LogP contribution in [0.25, 0.3) is 0 Å². The second-order valence-corrected chi connectivity index (χ2v) is 6.30. The van der Waals surface area contributed by atoms with Gasteiger partial charge in [-0.2, -0.15) is 0 Å². The summed E-state index contributed by atoms with van der Waals surface area (Å²) in [5, 5.41) is 0. The highest BCUT2D eigenvalue weighted by Crippen LogP contribution is 2.34. The van der Waals surface area contributed by atoms with Crippen molar-refractivity contribution in [1.29, 1.82) is 0 Å². The first-order valence-corrected chi connectivity index (χ1v) is 8.66. The van der Waals surface area contributed by atoms with Crippen molar-refractivity contribution in [3.05, 3.63) is 46.6 Å². The van der Waals surface area contributed by atoms with Gasteiger partial charge in [-0.1, -0.05) is 23.3 Å². The highest BCUT2D eigenvalue weighted by molar-refractivity contribution is 5.77. The standard InChI is InChI=1S/C21H30O5/c1-16(2)7-6-8-17(3)9-10-19-11-18(13-22)12-20(25-14-23-4)21(19)26-15-24-5/h7,9,11-13H,6,8,10,14-15H2,1-5H3/b17-9+. The lowest BCUT2D eigenvalue weighted by Crippen LogP contribution is -2.07. The predicted molar refractivity (Wildman–Crippen MR) is 103 cm³/mol. The Bertz CT molecular complexity index is 628. The molecule has 26 heavy (non-hydrogen) atoms. The van der Waals surface area contributed by atoms with E-state index in [0.717, 1.165) is 24.7 Å². The normalized spacial score (nSPS) is 11.2. The van der Waals surface area contributed by atoms with E-state index >= 15 is 0 Å². The highest BCUT2D eigenvalue weighted by Gasteiger charge is 2.14. The molecule has 0 saturated carbocycles. The Hall–Kier alpha value is -2.11. The van der Waals surface area contributed by atoms with Gasteiger partial charge in [0.15, 0.2) is 25.1 Å². The van der Waals surface area contributed by atoms with Gasteiger partial charge in [-0.05, 0) is 52.2 Å². The Kier molecular flexibility index (Phi) is 10.4. The van der Waals surface area contributed by atoms with E-state index < -0.39 is 0 Å². The minimum atomic E-state index is 0.0721. The summed E-state index contributed by atoms with van der Waals surface area (Å²) in [6.07, 6.45) is 7.85. The van der Waals surface area contributed by atoms with Crippen molar-refractivity contribution in [2.75, 3.05) is 27.8 Å². The molecule has 0 aliphatic carbocycles. The van der Waals surface area contributed by atoms with Gasteiger partial charge in [0.25, 0.3) is 0 Å². The minimum Gasteiger partial charge on any atom is -0.464 e. The van der Waals surface area contributed by atoms with Gasteiger partial charge < -0.3 is 18.9 Å². The number of carbonyl (C=O) groups excluding carboxylic acids is 1. The number of benzene rings is 1. The predicted octanol–water partition coefficient (Wildman–Crippen LogP) is 4.70. The van der Waals surface area contributed by atoms with E-state index in [9.17, 15) is 4.79 Å². The van der Waals surface area contributed by atoms with Crippen LogP contribution in [0, 0.1) is 0 Å². The Morgan fingerprint density at radius 3 is 2.31 bits per heavy atom. The van der Waals surface area contributed by atoms with E-state index in [1.54, 1.807) is 20.3 Å². The van der Waals surface area contributed by atoms with Gasteiger partial charge in [-0.25, -0.2) is 0 Å². The van der Waals surface area contributed by atoms with E-state index in [-0.39, 0.29) is 13.6 Å². The van der Waals surface area contributed by atoms with Crippen LogP contribution in [0.4, 0.5) is 0 Å². The number of rotatable bonds is 12. The van der Waals surface area contributed by atoms with Gasteiger partial charge >= 0.3 is 0 Å². The first-order valence-electron chi connectivity index (χ1n) is 8.66. The number of hydrogen-bond donors (Lipinski definition) is 0. The average Bonchev–Trinajstić information content (AvgIpc) is 2.62. The van der Waals surface area contributed by atoms with Crippen LogP contribution in [-0.4, -0.2) is 34.1 Å². The van der Waals surface area contributed by atoms with E-state index in [1.807, 2.05) is 6.07 Å². The molecule has 0 amide bonds. The molecule has 0 unspecified atom stereocenters. The first kappa shape index (κ1) is 21.9. The summed E-state index contributed by atoms with van der Waals surface area (Å²) >= 11 is 0. The van der Waals surface area contributed by atoms with Crippen LogP contribution in [0.3, 0.4) is 0 Å². The number of allylic oxidation sites excluding steroid dienone is 4. The molecule has 0 spiro atoms. The summed E-state index contributed by atoms with van der Waals surface area (Å²) in [6, 6.07) is 3.46. The molecular formula is C21H30O5. The van der Waals surface area contributed by atoms with E-state index in [0.29, 0.717) is 23.5 Å². The van der Waals surface area contributed by atoms with Crippen molar-refractivity contribution >= 4 is 6.29 Å². The van der Waals surface area contributed by atoms with Crippen LogP contribution in [0.2, 0.25) is 0 Å². The third kappa shape index (κ3) is 7.85. The molecule has 0 aliphatic rings. The molecular weight excluding hydrogens is 332 g/mol. The van der Waals surface area contributed by atoms with E-state index in [1.165, 1.54) is 11.1 Å². The summed E-state index contributed by atoms with van der Waals surface area (Å²) in [6.45, 7) is 6.49. The van der Waals surface area contributed by atoms with Crippen molar-refractivity contribution in [2.45, 2.75) is 40.0 Å². The van der Waals surface area contributed by atoms with Crippen molar-refractivity contribution in [3.63, 3.8) is 0 Å². The van der Waals surface area contributed by atoms with Gasteiger partial charge in [0.1, 0.15) is 6.29 Å². The third-order valence-corrected chi connectivity index (χ3v) is 3.71. The fourth-order valence-electron chi connectivity index (χ4n) is 2.39. The van der Waals surface area contributed by atoms with Gasteiger partial charge in [0.2, 0.25) is 0 Å². The van der Waals surface area contributed by atoms with Crippen molar-refractivity contribution in [2.24, 2.45) is 0 Å². The van der Waals surface area contributed by atoms with Gasteiger partial charge in [0.05, 0.1) is 0 Å². The maximum Gasteiger partial charge on any atom is 0.188 e. The Morgan fingerprint density at radius 1 is 1.00 bits per heavy atom. The molecule has 0 heterocycles. The lowest BCUT2D eigenvalue weighted by atomic mass is 10.0. The number of aldehydes is 1. The maximum atomic E-state index is 11.3. The molecule has 1 rings (SSSR count). The number of ether oxygens (including phenoxy) is 4. The largest absolute Gasteiger partial charge is 0.464 e. The lowest BCUT2D eigenvalue weighted by Gasteiger charge is -2.16. The summed E-state index contributed by atoms with van der Waals surface area (Å²) in [5.41, 5.74) is 4.02. The average molecular weight is 362 g/mol. The third-order valence-electron chi connectivity index (χ3n) is 3.71. The SMILES string of the molecule is COCOc1cc(C=O)cc(C/C=C(\C)CCC=C(C)C)c1OCOC. The van der Waals surface area contributed by atoms with Crippen LogP contribution in [-0.2, 0) is 15.9 Å². The minimum absolute atomic E-state index is 0.0721. The second kappa shape index (κ2) is 12.3. The smallest absolute Gasteiger partial charge is 0.188 e. The number of methoxy groups -OCH3 is 2. The Morgan fingerprint density at radius 2 is 1.69 bits per heavy atom. The molecule has 144 valence electrons. The molecule has 0 atom stereocenters. The summed E-state index contributed by atoms with van der Waals surface area (Å²) in [7, 11) is 3.10. The molecule has 0 radical (unpaired) electrons. The van der Waals surface area contributed by atoms with Crippen LogP contribution >= 0.6 is 0 Å². The molecule has 0 bridgehead atoms. The summed E-state index contributed by atoms with van der Waals surface area (Å²) < 4.78 is 21.3. The summed E-state index contributed by atoms with van der Waals surface area (Å²) in [4.78, 5) is 11.3. The monoisotopic (exact) mass is 362 g/mol. The van der Waals surface area contributed by atoms with Gasteiger partial charge in [-0.3, -0.25) is 4.79 Å². The second-order valence-electron chi connectivity index (χ2n) is 6.30.